The van der Waals surface area contributed by atoms with Crippen molar-refractivity contribution >= 4 is 17.3 Å². The maximum Gasteiger partial charge on any atom is 0.271 e. The van der Waals surface area contributed by atoms with Crippen molar-refractivity contribution in [2.75, 3.05) is 12.4 Å². The van der Waals surface area contributed by atoms with E-state index in [0.29, 0.717) is 5.75 Å². The summed E-state index contributed by atoms with van der Waals surface area (Å²) in [5.41, 5.74) is 0.550. The second-order valence-corrected chi connectivity index (χ2v) is 4.53. The number of amides is 1. The molecule has 0 heterocycles. The highest BCUT2D eigenvalue weighted by Gasteiger charge is 2.13. The topological polar surface area (TPSA) is 102 Å². The third kappa shape index (κ3) is 3.72. The molecule has 0 bridgehead atoms. The van der Waals surface area contributed by atoms with Crippen LogP contribution in [-0.2, 0) is 11.2 Å². The molecule has 0 radical (unpaired) electrons. The third-order valence-corrected chi connectivity index (χ3v) is 2.99. The van der Waals surface area contributed by atoms with Gasteiger partial charge in [-0.2, -0.15) is 0 Å². The van der Waals surface area contributed by atoms with Crippen molar-refractivity contribution in [1.82, 2.24) is 0 Å². The molecule has 22 heavy (non-hydrogen) atoms. The second-order valence-electron chi connectivity index (χ2n) is 4.53. The van der Waals surface area contributed by atoms with E-state index in [2.05, 4.69) is 5.32 Å². The van der Waals surface area contributed by atoms with Crippen LogP contribution in [0, 0.1) is 10.1 Å². The third-order valence-electron chi connectivity index (χ3n) is 2.99. The van der Waals surface area contributed by atoms with Gasteiger partial charge in [-0.05, 0) is 23.8 Å². The quantitative estimate of drug-likeness (QED) is 0.502. The summed E-state index contributed by atoms with van der Waals surface area (Å²) in [5.74, 6) is 0.0649. The number of nitrogens with one attached hydrogen (secondary N) is 1. The Kier molecular flexibility index (Phi) is 4.57. The zero-order valence-corrected chi connectivity index (χ0v) is 11.8. The van der Waals surface area contributed by atoms with E-state index < -0.39 is 4.92 Å². The van der Waals surface area contributed by atoms with Gasteiger partial charge >= 0.3 is 0 Å². The number of phenolic OH excluding ortho intramolecular Hbond substituents is 1. The summed E-state index contributed by atoms with van der Waals surface area (Å²) in [6, 6.07) is 10.4. The molecule has 0 saturated heterocycles. The van der Waals surface area contributed by atoms with Gasteiger partial charge < -0.3 is 15.2 Å². The Hall–Kier alpha value is -3.09. The van der Waals surface area contributed by atoms with Crippen LogP contribution >= 0.6 is 0 Å². The molecule has 0 aliphatic heterocycles. The summed E-state index contributed by atoms with van der Waals surface area (Å²) in [6.07, 6.45) is 0.0755. The second kappa shape index (κ2) is 6.57. The summed E-state index contributed by atoms with van der Waals surface area (Å²) in [5, 5.41) is 22.8. The van der Waals surface area contributed by atoms with Crippen LogP contribution in [-0.4, -0.2) is 23.0 Å². The molecule has 0 fully saturated rings. The first-order valence-corrected chi connectivity index (χ1v) is 6.40. The lowest BCUT2D eigenvalue weighted by Gasteiger charge is -2.07. The van der Waals surface area contributed by atoms with Gasteiger partial charge in [-0.25, -0.2) is 0 Å². The van der Waals surface area contributed by atoms with Crippen molar-refractivity contribution in [3.8, 4) is 11.5 Å². The summed E-state index contributed by atoms with van der Waals surface area (Å²) in [6.45, 7) is 0. The number of carbonyl (C=O) groups is 1. The highest BCUT2D eigenvalue weighted by atomic mass is 16.6. The van der Waals surface area contributed by atoms with Crippen LogP contribution in [0.4, 0.5) is 11.4 Å². The summed E-state index contributed by atoms with van der Waals surface area (Å²) >= 11 is 0. The molecule has 1 amide bonds. The number of non-ortho nitro benzene ring substituents is 1. The number of methoxy groups -OCH3 is 1. The van der Waals surface area contributed by atoms with Crippen molar-refractivity contribution in [1.29, 1.82) is 0 Å². The van der Waals surface area contributed by atoms with Crippen molar-refractivity contribution in [3.63, 3.8) is 0 Å². The Bertz CT molecular complexity index is 698. The van der Waals surface area contributed by atoms with Gasteiger partial charge in [0.2, 0.25) is 5.91 Å². The summed E-state index contributed by atoms with van der Waals surface area (Å²) in [7, 11) is 1.55. The first-order chi connectivity index (χ1) is 10.5. The number of benzene rings is 2. The van der Waals surface area contributed by atoms with Gasteiger partial charge in [0.25, 0.3) is 5.69 Å². The van der Waals surface area contributed by atoms with Gasteiger partial charge in [-0.1, -0.05) is 12.1 Å². The monoisotopic (exact) mass is 302 g/mol. The minimum absolute atomic E-state index is 0.00714. The molecule has 0 saturated carbocycles. The molecule has 7 nitrogen and oxygen atoms in total. The van der Waals surface area contributed by atoms with Crippen LogP contribution in [0.25, 0.3) is 0 Å². The molecule has 2 rings (SSSR count). The average molecular weight is 302 g/mol. The Morgan fingerprint density at radius 1 is 1.27 bits per heavy atom. The fourth-order valence-corrected chi connectivity index (χ4v) is 1.86. The number of hydrogen-bond donors (Lipinski definition) is 2. The van der Waals surface area contributed by atoms with E-state index in [1.54, 1.807) is 31.4 Å². The van der Waals surface area contributed by atoms with Gasteiger partial charge in [0.05, 0.1) is 24.1 Å². The molecule has 0 aromatic heterocycles. The van der Waals surface area contributed by atoms with E-state index in [9.17, 15) is 20.0 Å². The van der Waals surface area contributed by atoms with Crippen LogP contribution in [0.1, 0.15) is 5.56 Å². The van der Waals surface area contributed by atoms with Gasteiger partial charge in [-0.15, -0.1) is 0 Å². The first-order valence-electron chi connectivity index (χ1n) is 6.40. The molecule has 0 spiro atoms. The molecule has 0 aliphatic rings. The van der Waals surface area contributed by atoms with Crippen LogP contribution in [0.5, 0.6) is 11.5 Å². The maximum absolute atomic E-state index is 11.9. The molecule has 114 valence electrons. The number of nitro groups is 1. The smallest absolute Gasteiger partial charge is 0.271 e. The van der Waals surface area contributed by atoms with Crippen molar-refractivity contribution in [2.45, 2.75) is 6.42 Å². The maximum atomic E-state index is 11.9. The predicted molar refractivity (Wildman–Crippen MR) is 80.1 cm³/mol. The van der Waals surface area contributed by atoms with E-state index in [1.807, 2.05) is 0 Å². The lowest BCUT2D eigenvalue weighted by atomic mass is 10.1. The number of nitro benzene ring substituents is 1. The molecule has 0 aliphatic carbocycles. The van der Waals surface area contributed by atoms with E-state index in [4.69, 9.17) is 4.74 Å². The summed E-state index contributed by atoms with van der Waals surface area (Å²) < 4.78 is 5.02. The number of anilines is 1. The largest absolute Gasteiger partial charge is 0.506 e. The van der Waals surface area contributed by atoms with Gasteiger partial charge in [0.15, 0.2) is 0 Å². The fraction of sp³-hybridized carbons (Fsp3) is 0.133. The standard InChI is InChI=1S/C15H14N2O5/c1-22-12-5-2-10(3-6-12)8-15(19)16-13-9-11(17(20)21)4-7-14(13)18/h2-7,9,18H,8H2,1H3,(H,16,19). The highest BCUT2D eigenvalue weighted by Crippen LogP contribution is 2.27. The number of nitrogens with zero attached hydrogens (tertiary/aromatic N) is 1. The van der Waals surface area contributed by atoms with Crippen LogP contribution in [0.15, 0.2) is 42.5 Å². The van der Waals surface area contributed by atoms with E-state index >= 15 is 0 Å². The van der Waals surface area contributed by atoms with Crippen LogP contribution in [0.2, 0.25) is 0 Å². The van der Waals surface area contributed by atoms with Gasteiger partial charge in [0, 0.05) is 12.1 Å². The number of rotatable bonds is 5. The molecule has 2 aromatic carbocycles. The number of hydrogen-bond acceptors (Lipinski definition) is 5. The highest BCUT2D eigenvalue weighted by molar-refractivity contribution is 5.94. The average Bonchev–Trinajstić information content (AvgIpc) is 2.50. The van der Waals surface area contributed by atoms with Crippen molar-refractivity contribution < 1.29 is 19.6 Å². The minimum Gasteiger partial charge on any atom is -0.506 e. The van der Waals surface area contributed by atoms with Crippen molar-refractivity contribution in [3.05, 3.63) is 58.1 Å². The molecule has 2 aromatic rings. The molecule has 0 atom stereocenters. The van der Waals surface area contributed by atoms with Crippen LogP contribution < -0.4 is 10.1 Å². The molecular formula is C15H14N2O5. The Morgan fingerprint density at radius 3 is 2.55 bits per heavy atom. The zero-order valence-electron chi connectivity index (χ0n) is 11.8. The number of ether oxygens (including phenoxy) is 1. The normalized spacial score (nSPS) is 10.0. The van der Waals surface area contributed by atoms with Crippen molar-refractivity contribution in [2.24, 2.45) is 0 Å². The van der Waals surface area contributed by atoms with Gasteiger partial charge in [0.1, 0.15) is 11.5 Å². The Balaban J connectivity index is 2.08. The fourth-order valence-electron chi connectivity index (χ4n) is 1.86. The Labute approximate surface area is 126 Å². The van der Waals surface area contributed by atoms with E-state index in [1.165, 1.54) is 6.07 Å². The Morgan fingerprint density at radius 2 is 1.95 bits per heavy atom. The number of aromatic hydroxyl groups is 1. The SMILES string of the molecule is COc1ccc(CC(=O)Nc2cc([N+](=O)[O-])ccc2O)cc1. The summed E-state index contributed by atoms with van der Waals surface area (Å²) in [4.78, 5) is 22.0. The lowest BCUT2D eigenvalue weighted by Crippen LogP contribution is -2.14. The molecule has 0 unspecified atom stereocenters. The molecule has 7 heteroatoms. The number of phenols is 1. The van der Waals surface area contributed by atoms with Gasteiger partial charge in [-0.3, -0.25) is 14.9 Å². The van der Waals surface area contributed by atoms with E-state index in [-0.39, 0.29) is 29.5 Å². The predicted octanol–water partition coefficient (Wildman–Crippen LogP) is 2.49. The zero-order chi connectivity index (χ0) is 16.1. The molecular weight excluding hydrogens is 288 g/mol. The number of carbonyl (C=O) groups excluding carboxylic acids is 1. The van der Waals surface area contributed by atoms with E-state index in [0.717, 1.165) is 17.7 Å². The minimum atomic E-state index is -0.599. The first kappa shape index (κ1) is 15.3. The molecule has 2 N–H and O–H groups in total. The van der Waals surface area contributed by atoms with Crippen LogP contribution in [0.3, 0.4) is 0 Å². The lowest BCUT2D eigenvalue weighted by molar-refractivity contribution is -0.384.